The molecule has 0 bridgehead atoms. The van der Waals surface area contributed by atoms with Gasteiger partial charge in [-0.25, -0.2) is 0 Å². The maximum atomic E-state index is 6.18. The second-order valence-corrected chi connectivity index (χ2v) is 8.55. The lowest BCUT2D eigenvalue weighted by Crippen LogP contribution is -2.34. The van der Waals surface area contributed by atoms with Crippen LogP contribution in [0.3, 0.4) is 0 Å². The van der Waals surface area contributed by atoms with Gasteiger partial charge in [-0.1, -0.05) is 34.1 Å². The molecule has 0 rings (SSSR count). The molecule has 0 amide bonds. The maximum Gasteiger partial charge on any atom is 0.0707 e. The minimum absolute atomic E-state index is 0.287. The Morgan fingerprint density at radius 2 is 1.23 bits per heavy atom. The van der Waals surface area contributed by atoms with Gasteiger partial charge in [0, 0.05) is 26.4 Å². The lowest BCUT2D eigenvalue weighted by molar-refractivity contribution is -0.0916. The molecule has 0 radical (unpaired) electrons. The third-order valence-electron chi connectivity index (χ3n) is 4.90. The molecule has 0 saturated carbocycles. The van der Waals surface area contributed by atoms with E-state index < -0.39 is 0 Å². The summed E-state index contributed by atoms with van der Waals surface area (Å²) in [5.74, 6) is 0.553. The highest BCUT2D eigenvalue weighted by atomic mass is 16.5. The summed E-state index contributed by atoms with van der Waals surface area (Å²) in [7, 11) is 0. The summed E-state index contributed by atoms with van der Waals surface area (Å²) in [4.78, 5) is 0. The Labute approximate surface area is 186 Å². The van der Waals surface area contributed by atoms with E-state index in [1.807, 2.05) is 0 Å². The van der Waals surface area contributed by atoms with Gasteiger partial charge >= 0.3 is 0 Å². The minimum atomic E-state index is -0.287. The van der Waals surface area contributed by atoms with Crippen LogP contribution in [0, 0.1) is 5.92 Å². The van der Waals surface area contributed by atoms with Gasteiger partial charge in [0.05, 0.1) is 51.3 Å². The molecule has 0 saturated heterocycles. The smallest absolute Gasteiger partial charge is 0.0707 e. The molecule has 2 unspecified atom stereocenters. The monoisotopic (exact) mass is 434 g/mol. The van der Waals surface area contributed by atoms with E-state index in [1.54, 1.807) is 0 Å². The van der Waals surface area contributed by atoms with Crippen molar-refractivity contribution < 1.29 is 28.4 Å². The molecule has 0 spiro atoms. The van der Waals surface area contributed by atoms with E-state index in [2.05, 4.69) is 41.5 Å². The largest absolute Gasteiger partial charge is 0.379 e. The van der Waals surface area contributed by atoms with Gasteiger partial charge in [0.25, 0.3) is 0 Å². The molecular weight excluding hydrogens is 384 g/mol. The van der Waals surface area contributed by atoms with E-state index in [9.17, 15) is 0 Å². The molecule has 0 aliphatic carbocycles. The van der Waals surface area contributed by atoms with E-state index >= 15 is 0 Å². The first kappa shape index (κ1) is 29.8. The van der Waals surface area contributed by atoms with Crippen molar-refractivity contribution in [3.05, 3.63) is 0 Å². The van der Waals surface area contributed by atoms with E-state index in [0.29, 0.717) is 58.8 Å². The van der Waals surface area contributed by atoms with Crippen LogP contribution in [-0.2, 0) is 28.4 Å². The van der Waals surface area contributed by atoms with Gasteiger partial charge in [-0.3, -0.25) is 0 Å². The molecule has 182 valence electrons. The first-order valence-electron chi connectivity index (χ1n) is 12.0. The van der Waals surface area contributed by atoms with Crippen LogP contribution in [0.4, 0.5) is 0 Å². The highest BCUT2D eigenvalue weighted by molar-refractivity contribution is 4.75. The fourth-order valence-electron chi connectivity index (χ4n) is 2.61. The van der Waals surface area contributed by atoms with Crippen molar-refractivity contribution in [3.8, 4) is 0 Å². The topological polar surface area (TPSA) is 55.4 Å². The molecule has 6 nitrogen and oxygen atoms in total. The number of rotatable bonds is 23. The van der Waals surface area contributed by atoms with Crippen LogP contribution >= 0.6 is 0 Å². The summed E-state index contributed by atoms with van der Waals surface area (Å²) in [6, 6.07) is 0. The Morgan fingerprint density at radius 3 is 1.83 bits per heavy atom. The third kappa shape index (κ3) is 19.7. The van der Waals surface area contributed by atoms with Crippen molar-refractivity contribution in [2.45, 2.75) is 85.4 Å². The van der Waals surface area contributed by atoms with Crippen LogP contribution in [0.2, 0.25) is 0 Å². The minimum Gasteiger partial charge on any atom is -0.379 e. The predicted molar refractivity (Wildman–Crippen MR) is 122 cm³/mol. The molecule has 0 aliphatic rings. The second-order valence-electron chi connectivity index (χ2n) is 8.55. The Kier molecular flexibility index (Phi) is 20.5. The molecule has 0 heterocycles. The standard InChI is InChI=1S/C24H50O6/c1-7-9-12-25-18-20-30-24(6,10-13-26-15-16-28-21-22(3)4)11-14-27-17-19-29-23(5)8-2/h22-23H,7-21H2,1-6H3. The van der Waals surface area contributed by atoms with Gasteiger partial charge in [0.1, 0.15) is 0 Å². The Bertz CT molecular complexity index is 353. The van der Waals surface area contributed by atoms with Crippen molar-refractivity contribution in [2.24, 2.45) is 5.92 Å². The molecule has 6 heteroatoms. The number of hydrogen-bond donors (Lipinski definition) is 0. The van der Waals surface area contributed by atoms with E-state index in [4.69, 9.17) is 28.4 Å². The predicted octanol–water partition coefficient (Wildman–Crippen LogP) is 4.88. The quantitative estimate of drug-likeness (QED) is 0.214. The van der Waals surface area contributed by atoms with Crippen molar-refractivity contribution in [2.75, 3.05) is 66.1 Å². The van der Waals surface area contributed by atoms with Gasteiger partial charge < -0.3 is 28.4 Å². The van der Waals surface area contributed by atoms with Crippen molar-refractivity contribution >= 4 is 0 Å². The van der Waals surface area contributed by atoms with Gasteiger partial charge in [0.2, 0.25) is 0 Å². The molecular formula is C24H50O6. The summed E-state index contributed by atoms with van der Waals surface area (Å²) in [6.07, 6.45) is 5.19. The van der Waals surface area contributed by atoms with Crippen molar-refractivity contribution in [3.63, 3.8) is 0 Å². The highest BCUT2D eigenvalue weighted by Crippen LogP contribution is 2.20. The SMILES string of the molecule is CCCCOCCOC(C)(CCOCCOCC(C)C)CCOCCOC(C)CC. The number of hydrogen-bond acceptors (Lipinski definition) is 6. The summed E-state index contributed by atoms with van der Waals surface area (Å²) >= 11 is 0. The van der Waals surface area contributed by atoms with Crippen LogP contribution in [0.25, 0.3) is 0 Å². The Hall–Kier alpha value is -0.240. The average molecular weight is 435 g/mol. The Morgan fingerprint density at radius 1 is 0.667 bits per heavy atom. The van der Waals surface area contributed by atoms with Gasteiger partial charge in [-0.05, 0) is 45.4 Å². The molecule has 0 aromatic carbocycles. The summed E-state index contributed by atoms with van der Waals surface area (Å²) in [5.41, 5.74) is -0.287. The highest BCUT2D eigenvalue weighted by Gasteiger charge is 2.25. The maximum absolute atomic E-state index is 6.18. The van der Waals surface area contributed by atoms with E-state index in [-0.39, 0.29) is 11.7 Å². The van der Waals surface area contributed by atoms with Gasteiger partial charge in [-0.15, -0.1) is 0 Å². The van der Waals surface area contributed by atoms with Crippen LogP contribution in [0.5, 0.6) is 0 Å². The zero-order chi connectivity index (χ0) is 22.5. The summed E-state index contributed by atoms with van der Waals surface area (Å²) < 4.78 is 34.6. The zero-order valence-electron chi connectivity index (χ0n) is 20.7. The van der Waals surface area contributed by atoms with Crippen LogP contribution in [0.15, 0.2) is 0 Å². The first-order chi connectivity index (χ1) is 14.4. The molecule has 0 fully saturated rings. The summed E-state index contributed by atoms with van der Waals surface area (Å²) in [6.45, 7) is 19.4. The zero-order valence-corrected chi connectivity index (χ0v) is 20.7. The molecule has 0 aliphatic heterocycles. The van der Waals surface area contributed by atoms with E-state index in [1.165, 1.54) is 0 Å². The number of unbranched alkanes of at least 4 members (excludes halogenated alkanes) is 1. The lowest BCUT2D eigenvalue weighted by Gasteiger charge is -2.30. The fourth-order valence-corrected chi connectivity index (χ4v) is 2.61. The molecule has 0 aromatic rings. The average Bonchev–Trinajstić information content (AvgIpc) is 2.72. The fraction of sp³-hybridized carbons (Fsp3) is 1.00. The van der Waals surface area contributed by atoms with Gasteiger partial charge in [-0.2, -0.15) is 0 Å². The van der Waals surface area contributed by atoms with E-state index in [0.717, 1.165) is 45.3 Å². The van der Waals surface area contributed by atoms with Crippen LogP contribution in [0.1, 0.15) is 73.6 Å². The first-order valence-corrected chi connectivity index (χ1v) is 12.0. The molecule has 0 aromatic heterocycles. The molecule has 0 N–H and O–H groups in total. The van der Waals surface area contributed by atoms with Crippen molar-refractivity contribution in [1.82, 2.24) is 0 Å². The van der Waals surface area contributed by atoms with Crippen LogP contribution < -0.4 is 0 Å². The number of ether oxygens (including phenoxy) is 6. The molecule has 2 atom stereocenters. The Balaban J connectivity index is 4.10. The third-order valence-corrected chi connectivity index (χ3v) is 4.90. The summed E-state index contributed by atoms with van der Waals surface area (Å²) in [5, 5.41) is 0. The molecule has 30 heavy (non-hydrogen) atoms. The normalized spacial score (nSPS) is 14.9. The van der Waals surface area contributed by atoms with Crippen molar-refractivity contribution in [1.29, 1.82) is 0 Å². The second kappa shape index (κ2) is 20.7. The lowest BCUT2D eigenvalue weighted by atomic mass is 9.98. The van der Waals surface area contributed by atoms with Gasteiger partial charge in [0.15, 0.2) is 0 Å². The van der Waals surface area contributed by atoms with Crippen LogP contribution in [-0.4, -0.2) is 77.8 Å².